The van der Waals surface area contributed by atoms with Crippen molar-refractivity contribution in [2.24, 2.45) is 11.7 Å². The molecule has 0 aliphatic rings. The van der Waals surface area contributed by atoms with Crippen LogP contribution in [0.3, 0.4) is 0 Å². The van der Waals surface area contributed by atoms with Gasteiger partial charge < -0.3 is 21.1 Å². The highest BCUT2D eigenvalue weighted by Gasteiger charge is 2.22. The Hall–Kier alpha value is -0.160. The Morgan fingerprint density at radius 2 is 1.38 bits per heavy atom. The van der Waals surface area contributed by atoms with Crippen molar-refractivity contribution >= 4 is 0 Å². The van der Waals surface area contributed by atoms with Gasteiger partial charge in [0.05, 0.1) is 24.9 Å². The van der Waals surface area contributed by atoms with Gasteiger partial charge in [0.25, 0.3) is 0 Å². The van der Waals surface area contributed by atoms with Crippen LogP contribution in [0.25, 0.3) is 0 Å². The Bertz CT molecular complexity index is 226. The lowest BCUT2D eigenvalue weighted by atomic mass is 9.95. The van der Waals surface area contributed by atoms with E-state index in [-0.39, 0.29) is 6.61 Å². The van der Waals surface area contributed by atoms with Crippen molar-refractivity contribution in [1.29, 1.82) is 0 Å². The Morgan fingerprint density at radius 1 is 0.857 bits per heavy atom. The maximum atomic E-state index is 9.77. The Morgan fingerprint density at radius 3 is 1.95 bits per heavy atom. The normalized spacial score (nSPS) is 17.4. The van der Waals surface area contributed by atoms with Crippen molar-refractivity contribution in [3.05, 3.63) is 0 Å². The van der Waals surface area contributed by atoms with Crippen LogP contribution in [-0.2, 0) is 0 Å². The molecule has 0 spiro atoms. The van der Waals surface area contributed by atoms with Gasteiger partial charge in [0.1, 0.15) is 0 Å². The third-order valence-electron chi connectivity index (χ3n) is 4.29. The molecule has 1 unspecified atom stereocenters. The van der Waals surface area contributed by atoms with E-state index in [0.29, 0.717) is 6.42 Å². The predicted molar refractivity (Wildman–Crippen MR) is 88.1 cm³/mol. The van der Waals surface area contributed by atoms with Gasteiger partial charge in [-0.05, 0) is 12.3 Å². The standard InChI is InChI=1S/C17H37NO3/c1-3-4-5-6-7-10-14(2)11-8-9-12-16(20)17(21)15(18)13-19/h14-17,19-21H,3-13,18H2,1-2H3/t14?,15-,16+,17-/m0/s1. The van der Waals surface area contributed by atoms with Crippen LogP contribution >= 0.6 is 0 Å². The van der Waals surface area contributed by atoms with E-state index in [0.717, 1.165) is 18.8 Å². The zero-order valence-corrected chi connectivity index (χ0v) is 14.0. The summed E-state index contributed by atoms with van der Waals surface area (Å²) >= 11 is 0. The molecule has 128 valence electrons. The van der Waals surface area contributed by atoms with Gasteiger partial charge in [-0.3, -0.25) is 0 Å². The largest absolute Gasteiger partial charge is 0.395 e. The second-order valence-electron chi connectivity index (χ2n) is 6.50. The molecule has 4 heteroatoms. The average Bonchev–Trinajstić information content (AvgIpc) is 2.49. The lowest BCUT2D eigenvalue weighted by Crippen LogP contribution is -2.45. The number of hydrogen-bond donors (Lipinski definition) is 4. The second-order valence-corrected chi connectivity index (χ2v) is 6.50. The van der Waals surface area contributed by atoms with Gasteiger partial charge in [0.2, 0.25) is 0 Å². The summed E-state index contributed by atoms with van der Waals surface area (Å²) in [7, 11) is 0. The molecule has 0 fully saturated rings. The lowest BCUT2D eigenvalue weighted by Gasteiger charge is -2.22. The first-order chi connectivity index (χ1) is 10.0. The molecule has 0 heterocycles. The molecule has 0 aromatic carbocycles. The summed E-state index contributed by atoms with van der Waals surface area (Å²) in [6.45, 7) is 4.24. The van der Waals surface area contributed by atoms with Gasteiger partial charge in [-0.25, -0.2) is 0 Å². The summed E-state index contributed by atoms with van der Waals surface area (Å²) in [6.07, 6.45) is 9.85. The zero-order chi connectivity index (χ0) is 16.1. The van der Waals surface area contributed by atoms with Crippen LogP contribution in [0.2, 0.25) is 0 Å². The quantitative estimate of drug-likeness (QED) is 0.371. The van der Waals surface area contributed by atoms with Crippen LogP contribution in [0.5, 0.6) is 0 Å². The topological polar surface area (TPSA) is 86.7 Å². The highest BCUT2D eigenvalue weighted by molar-refractivity contribution is 4.77. The molecule has 0 saturated heterocycles. The fourth-order valence-electron chi connectivity index (χ4n) is 2.65. The fraction of sp³-hybridized carbons (Fsp3) is 1.00. The summed E-state index contributed by atoms with van der Waals surface area (Å²) in [4.78, 5) is 0. The summed E-state index contributed by atoms with van der Waals surface area (Å²) in [5.41, 5.74) is 5.50. The minimum atomic E-state index is -1.02. The van der Waals surface area contributed by atoms with E-state index in [4.69, 9.17) is 10.8 Å². The number of unbranched alkanes of at least 4 members (excludes halogenated alkanes) is 5. The van der Waals surface area contributed by atoms with E-state index < -0.39 is 18.2 Å². The molecule has 0 aromatic heterocycles. The van der Waals surface area contributed by atoms with Crippen molar-refractivity contribution in [3.63, 3.8) is 0 Å². The van der Waals surface area contributed by atoms with Crippen LogP contribution in [-0.4, -0.2) is 40.2 Å². The monoisotopic (exact) mass is 303 g/mol. The molecule has 21 heavy (non-hydrogen) atoms. The maximum Gasteiger partial charge on any atom is 0.0971 e. The van der Waals surface area contributed by atoms with E-state index in [1.807, 2.05) is 0 Å². The van der Waals surface area contributed by atoms with Gasteiger partial charge in [-0.2, -0.15) is 0 Å². The lowest BCUT2D eigenvalue weighted by molar-refractivity contribution is -0.0122. The Kier molecular flexibility index (Phi) is 13.4. The smallest absolute Gasteiger partial charge is 0.0971 e. The second kappa shape index (κ2) is 13.5. The molecule has 0 bridgehead atoms. The van der Waals surface area contributed by atoms with Gasteiger partial charge in [-0.15, -0.1) is 0 Å². The van der Waals surface area contributed by atoms with Crippen molar-refractivity contribution < 1.29 is 15.3 Å². The van der Waals surface area contributed by atoms with Crippen LogP contribution in [0.15, 0.2) is 0 Å². The Balaban J connectivity index is 3.52. The summed E-state index contributed by atoms with van der Waals surface area (Å²) in [5.74, 6) is 0.744. The molecule has 0 saturated carbocycles. The van der Waals surface area contributed by atoms with Crippen molar-refractivity contribution in [1.82, 2.24) is 0 Å². The molecule has 4 nitrogen and oxygen atoms in total. The average molecular weight is 303 g/mol. The zero-order valence-electron chi connectivity index (χ0n) is 14.0. The third kappa shape index (κ3) is 11.1. The van der Waals surface area contributed by atoms with E-state index in [2.05, 4.69) is 13.8 Å². The molecular formula is C17H37NO3. The van der Waals surface area contributed by atoms with E-state index in [9.17, 15) is 10.2 Å². The highest BCUT2D eigenvalue weighted by atomic mass is 16.3. The van der Waals surface area contributed by atoms with Crippen LogP contribution in [0, 0.1) is 5.92 Å². The predicted octanol–water partition coefficient (Wildman–Crippen LogP) is 2.58. The molecule has 5 N–H and O–H groups in total. The fourth-order valence-corrected chi connectivity index (χ4v) is 2.65. The Labute approximate surface area is 130 Å². The highest BCUT2D eigenvalue weighted by Crippen LogP contribution is 2.18. The van der Waals surface area contributed by atoms with Crippen LogP contribution < -0.4 is 5.73 Å². The number of hydrogen-bond acceptors (Lipinski definition) is 4. The van der Waals surface area contributed by atoms with Gasteiger partial charge >= 0.3 is 0 Å². The van der Waals surface area contributed by atoms with Gasteiger partial charge in [0.15, 0.2) is 0 Å². The molecule has 0 aliphatic heterocycles. The van der Waals surface area contributed by atoms with Crippen LogP contribution in [0.4, 0.5) is 0 Å². The molecule has 0 radical (unpaired) electrons. The molecule has 0 aliphatic carbocycles. The number of aliphatic hydroxyl groups excluding tert-OH is 3. The van der Waals surface area contributed by atoms with E-state index >= 15 is 0 Å². The van der Waals surface area contributed by atoms with Gasteiger partial charge in [0, 0.05) is 0 Å². The number of rotatable bonds is 14. The summed E-state index contributed by atoms with van der Waals surface area (Å²) in [6, 6.07) is -0.748. The SMILES string of the molecule is CCCCCCCC(C)CCCC[C@@H](O)[C@@H](O)[C@@H](N)CO. The third-order valence-corrected chi connectivity index (χ3v) is 4.29. The van der Waals surface area contributed by atoms with Crippen molar-refractivity contribution in [2.45, 2.75) is 96.3 Å². The minimum absolute atomic E-state index is 0.298. The van der Waals surface area contributed by atoms with Crippen LogP contribution in [0.1, 0.15) is 78.1 Å². The summed E-state index contributed by atoms with van der Waals surface area (Å²) < 4.78 is 0. The minimum Gasteiger partial charge on any atom is -0.395 e. The molecule has 0 amide bonds. The number of aliphatic hydroxyl groups is 3. The van der Waals surface area contributed by atoms with E-state index in [1.165, 1.54) is 44.9 Å². The van der Waals surface area contributed by atoms with Gasteiger partial charge in [-0.1, -0.05) is 71.6 Å². The first-order valence-electron chi connectivity index (χ1n) is 8.75. The first kappa shape index (κ1) is 20.8. The molecule has 0 aromatic rings. The first-order valence-corrected chi connectivity index (χ1v) is 8.75. The number of nitrogens with two attached hydrogens (primary N) is 1. The van der Waals surface area contributed by atoms with Crippen molar-refractivity contribution in [3.8, 4) is 0 Å². The molecule has 4 atom stereocenters. The summed E-state index contributed by atoms with van der Waals surface area (Å²) in [5, 5.41) is 28.3. The van der Waals surface area contributed by atoms with Crippen molar-refractivity contribution in [2.75, 3.05) is 6.61 Å². The van der Waals surface area contributed by atoms with E-state index in [1.54, 1.807) is 0 Å². The molecular weight excluding hydrogens is 266 g/mol. The molecule has 0 rings (SSSR count). The maximum absolute atomic E-state index is 9.77.